The average Bonchev–Trinajstić information content (AvgIpc) is 3.23. The lowest BCUT2D eigenvalue weighted by Crippen LogP contribution is -2.00. The van der Waals surface area contributed by atoms with Crippen molar-refractivity contribution in [1.29, 1.82) is 0 Å². The third kappa shape index (κ3) is 5.95. The van der Waals surface area contributed by atoms with Crippen molar-refractivity contribution in [3.63, 3.8) is 0 Å². The Bertz CT molecular complexity index is 2650. The van der Waals surface area contributed by atoms with Gasteiger partial charge in [-0.1, -0.05) is 140 Å². The van der Waals surface area contributed by atoms with Crippen LogP contribution in [0.25, 0.3) is 89.2 Å². The van der Waals surface area contributed by atoms with Crippen molar-refractivity contribution in [1.82, 2.24) is 19.9 Å². The number of hydrogen-bond acceptors (Lipinski definition) is 5. The molecule has 5 heteroatoms. The fourth-order valence-corrected chi connectivity index (χ4v) is 6.83. The predicted molar refractivity (Wildman–Crippen MR) is 212 cm³/mol. The van der Waals surface area contributed by atoms with Crippen LogP contribution in [0, 0.1) is 0 Å². The molecule has 0 bridgehead atoms. The number of pyridine rings is 1. The summed E-state index contributed by atoms with van der Waals surface area (Å²) in [5.41, 5.74) is 8.99. The van der Waals surface area contributed by atoms with Gasteiger partial charge in [0.05, 0.1) is 12.8 Å². The second-order valence-corrected chi connectivity index (χ2v) is 12.7. The van der Waals surface area contributed by atoms with Crippen molar-refractivity contribution in [2.75, 3.05) is 7.11 Å². The highest BCUT2D eigenvalue weighted by molar-refractivity contribution is 6.14. The van der Waals surface area contributed by atoms with Gasteiger partial charge in [-0.3, -0.25) is 0 Å². The Morgan fingerprint density at radius 3 is 1.56 bits per heavy atom. The topological polar surface area (TPSA) is 60.8 Å². The Balaban J connectivity index is 1.27. The van der Waals surface area contributed by atoms with Crippen molar-refractivity contribution in [3.8, 4) is 73.6 Å². The quantitative estimate of drug-likeness (QED) is 0.158. The number of hydrogen-bond donors (Lipinski definition) is 0. The molecule has 0 fully saturated rings. The molecule has 246 valence electrons. The fourth-order valence-electron chi connectivity index (χ4n) is 6.83. The molecule has 52 heavy (non-hydrogen) atoms. The lowest BCUT2D eigenvalue weighted by molar-refractivity contribution is 0.398. The largest absolute Gasteiger partial charge is 0.481 e. The summed E-state index contributed by atoms with van der Waals surface area (Å²) in [4.78, 5) is 19.8. The maximum Gasteiger partial charge on any atom is 0.213 e. The molecule has 2 aromatic heterocycles. The van der Waals surface area contributed by atoms with Crippen LogP contribution in [0.3, 0.4) is 0 Å². The van der Waals surface area contributed by atoms with Crippen LogP contribution >= 0.6 is 0 Å². The van der Waals surface area contributed by atoms with Gasteiger partial charge in [-0.15, -0.1) is 0 Å². The van der Waals surface area contributed by atoms with E-state index in [2.05, 4.69) is 102 Å². The Hall–Kier alpha value is -6.98. The van der Waals surface area contributed by atoms with E-state index in [4.69, 9.17) is 19.7 Å². The second-order valence-electron chi connectivity index (χ2n) is 12.7. The molecule has 0 radical (unpaired) electrons. The maximum absolute atomic E-state index is 5.38. The number of fused-ring (bicyclic) bond motifs is 3. The van der Waals surface area contributed by atoms with E-state index in [1.165, 1.54) is 21.5 Å². The summed E-state index contributed by atoms with van der Waals surface area (Å²) in [6.45, 7) is 0. The van der Waals surface area contributed by atoms with Crippen LogP contribution in [-0.2, 0) is 0 Å². The molecule has 0 saturated carbocycles. The van der Waals surface area contributed by atoms with Crippen LogP contribution in [-0.4, -0.2) is 27.0 Å². The summed E-state index contributed by atoms with van der Waals surface area (Å²) < 4.78 is 5.38. The molecule has 0 N–H and O–H groups in total. The van der Waals surface area contributed by atoms with Crippen molar-refractivity contribution >= 4 is 21.5 Å². The van der Waals surface area contributed by atoms with Crippen molar-refractivity contribution < 1.29 is 4.74 Å². The number of aromatic nitrogens is 4. The Labute approximate surface area is 301 Å². The first-order chi connectivity index (χ1) is 25.7. The van der Waals surface area contributed by atoms with Gasteiger partial charge < -0.3 is 4.74 Å². The standard InChI is InChI=1S/C47H32N4O/c1-52-44-22-12-21-43(48-44)32-25-23-31(24-26-32)36-27-37(42-30-35-17-8-9-18-39(35)40-19-10-11-20-41(40)42)29-38(28-36)47-50-45(33-13-4-2-5-14-33)49-46(51-47)34-15-6-3-7-16-34/h2-30H,1H3. The zero-order chi connectivity index (χ0) is 34.9. The van der Waals surface area contributed by atoms with Gasteiger partial charge in [0.25, 0.3) is 0 Å². The summed E-state index contributed by atoms with van der Waals surface area (Å²) >= 11 is 0. The van der Waals surface area contributed by atoms with E-state index in [1.54, 1.807) is 7.11 Å². The lowest BCUT2D eigenvalue weighted by atomic mass is 9.90. The second kappa shape index (κ2) is 13.4. The zero-order valence-electron chi connectivity index (χ0n) is 28.4. The molecule has 0 atom stereocenters. The van der Waals surface area contributed by atoms with Crippen molar-refractivity contribution in [2.24, 2.45) is 0 Å². The molecular weight excluding hydrogens is 637 g/mol. The molecule has 9 rings (SSSR count). The maximum atomic E-state index is 5.38. The smallest absolute Gasteiger partial charge is 0.213 e. The van der Waals surface area contributed by atoms with Crippen LogP contribution in [0.15, 0.2) is 176 Å². The van der Waals surface area contributed by atoms with E-state index < -0.39 is 0 Å². The van der Waals surface area contributed by atoms with Gasteiger partial charge >= 0.3 is 0 Å². The summed E-state index contributed by atoms with van der Waals surface area (Å²) in [6.07, 6.45) is 0. The van der Waals surface area contributed by atoms with Gasteiger partial charge in [0.2, 0.25) is 5.88 Å². The highest BCUT2D eigenvalue weighted by Crippen LogP contribution is 2.39. The van der Waals surface area contributed by atoms with Crippen LogP contribution in [0.5, 0.6) is 5.88 Å². The summed E-state index contributed by atoms with van der Waals surface area (Å²) in [7, 11) is 1.64. The monoisotopic (exact) mass is 668 g/mol. The molecule has 0 aliphatic rings. The summed E-state index contributed by atoms with van der Waals surface area (Å²) in [5.74, 6) is 2.45. The van der Waals surface area contributed by atoms with E-state index in [9.17, 15) is 0 Å². The number of nitrogens with zero attached hydrogens (tertiary/aromatic N) is 4. The molecule has 5 nitrogen and oxygen atoms in total. The third-order valence-electron chi connectivity index (χ3n) is 9.42. The van der Waals surface area contributed by atoms with E-state index in [0.29, 0.717) is 23.4 Å². The summed E-state index contributed by atoms with van der Waals surface area (Å²) in [6, 6.07) is 60.7. The first-order valence-corrected chi connectivity index (χ1v) is 17.3. The number of rotatable bonds is 7. The number of methoxy groups -OCH3 is 1. The van der Waals surface area contributed by atoms with Crippen LogP contribution < -0.4 is 4.74 Å². The molecule has 0 aliphatic carbocycles. The Kier molecular flexibility index (Phi) is 7.99. The van der Waals surface area contributed by atoms with Gasteiger partial charge in [0, 0.05) is 28.3 Å². The molecule has 7 aromatic carbocycles. The van der Waals surface area contributed by atoms with Gasteiger partial charge in [0.15, 0.2) is 17.5 Å². The highest BCUT2D eigenvalue weighted by atomic mass is 16.5. The highest BCUT2D eigenvalue weighted by Gasteiger charge is 2.17. The zero-order valence-corrected chi connectivity index (χ0v) is 28.4. The molecule has 0 spiro atoms. The van der Waals surface area contributed by atoms with E-state index >= 15 is 0 Å². The first kappa shape index (κ1) is 31.0. The third-order valence-corrected chi connectivity index (χ3v) is 9.42. The predicted octanol–water partition coefficient (Wildman–Crippen LogP) is 11.6. The number of benzene rings is 7. The minimum Gasteiger partial charge on any atom is -0.481 e. The Morgan fingerprint density at radius 1 is 0.346 bits per heavy atom. The van der Waals surface area contributed by atoms with Crippen LogP contribution in [0.2, 0.25) is 0 Å². The molecule has 9 aromatic rings. The van der Waals surface area contributed by atoms with Crippen LogP contribution in [0.4, 0.5) is 0 Å². The fraction of sp³-hybridized carbons (Fsp3) is 0.0213. The van der Waals surface area contributed by atoms with E-state index in [0.717, 1.165) is 50.2 Å². The minimum atomic E-state index is 0.587. The molecule has 0 aliphatic heterocycles. The van der Waals surface area contributed by atoms with Crippen molar-refractivity contribution in [3.05, 3.63) is 176 Å². The molecule has 0 amide bonds. The minimum absolute atomic E-state index is 0.587. The van der Waals surface area contributed by atoms with Gasteiger partial charge in [-0.05, 0) is 74.1 Å². The van der Waals surface area contributed by atoms with E-state index in [1.807, 2.05) is 78.9 Å². The molecule has 0 saturated heterocycles. The SMILES string of the molecule is COc1cccc(-c2ccc(-c3cc(-c4nc(-c5ccccc5)nc(-c5ccccc5)n4)cc(-c4cc5ccccc5c5ccccc45)c3)cc2)n1. The molecule has 2 heterocycles. The lowest BCUT2D eigenvalue weighted by Gasteiger charge is -2.15. The molecule has 0 unspecified atom stereocenters. The Morgan fingerprint density at radius 2 is 0.885 bits per heavy atom. The normalized spacial score (nSPS) is 11.2. The van der Waals surface area contributed by atoms with Gasteiger partial charge in [0.1, 0.15) is 0 Å². The van der Waals surface area contributed by atoms with E-state index in [-0.39, 0.29) is 0 Å². The summed E-state index contributed by atoms with van der Waals surface area (Å²) in [5, 5.41) is 4.83. The number of ether oxygens (including phenoxy) is 1. The van der Waals surface area contributed by atoms with Crippen LogP contribution in [0.1, 0.15) is 0 Å². The first-order valence-electron chi connectivity index (χ1n) is 17.3. The molecular formula is C47H32N4O. The van der Waals surface area contributed by atoms with Crippen molar-refractivity contribution in [2.45, 2.75) is 0 Å². The van der Waals surface area contributed by atoms with Gasteiger partial charge in [-0.25, -0.2) is 19.9 Å². The van der Waals surface area contributed by atoms with Gasteiger partial charge in [-0.2, -0.15) is 0 Å². The average molecular weight is 669 g/mol.